The van der Waals surface area contributed by atoms with Crippen LogP contribution in [0.25, 0.3) is 0 Å². The smallest absolute Gasteiger partial charge is 0.127 e. The Hall–Kier alpha value is -1.05. The van der Waals surface area contributed by atoms with Crippen LogP contribution in [0.3, 0.4) is 0 Å². The molecule has 1 rings (SSSR count). The van der Waals surface area contributed by atoms with Gasteiger partial charge >= 0.3 is 0 Å². The van der Waals surface area contributed by atoms with Gasteiger partial charge in [0, 0.05) is 5.92 Å². The highest BCUT2D eigenvalue weighted by Crippen LogP contribution is 2.18. The van der Waals surface area contributed by atoms with Gasteiger partial charge in [0.1, 0.15) is 12.0 Å². The fraction of sp³-hybridized carbons (Fsp3) is 0.375. The molecule has 0 aromatic rings. The van der Waals surface area contributed by atoms with E-state index in [2.05, 4.69) is 0 Å². The van der Waals surface area contributed by atoms with Gasteiger partial charge in [-0.05, 0) is 25.0 Å². The SMILES string of the molecule is CC1=CC(C=O)CC=C1O. The largest absolute Gasteiger partial charge is 0.508 e. The molecule has 0 heterocycles. The zero-order valence-electron chi connectivity index (χ0n) is 5.87. The highest BCUT2D eigenvalue weighted by molar-refractivity contribution is 5.58. The second-order valence-electron chi connectivity index (χ2n) is 2.47. The summed E-state index contributed by atoms with van der Waals surface area (Å²) in [6.07, 6.45) is 4.98. The minimum Gasteiger partial charge on any atom is -0.508 e. The number of allylic oxidation sites excluding steroid dienone is 3. The Balaban J connectivity index is 2.75. The summed E-state index contributed by atoms with van der Waals surface area (Å²) in [5.41, 5.74) is 0.795. The van der Waals surface area contributed by atoms with E-state index in [-0.39, 0.29) is 5.92 Å². The molecule has 1 N–H and O–H groups in total. The van der Waals surface area contributed by atoms with Crippen molar-refractivity contribution < 1.29 is 9.90 Å². The fourth-order valence-electron chi connectivity index (χ4n) is 0.978. The number of aliphatic hydroxyl groups excluding tert-OH is 1. The van der Waals surface area contributed by atoms with Gasteiger partial charge in [0.2, 0.25) is 0 Å². The molecule has 10 heavy (non-hydrogen) atoms. The van der Waals surface area contributed by atoms with E-state index in [9.17, 15) is 4.79 Å². The van der Waals surface area contributed by atoms with Crippen LogP contribution in [-0.4, -0.2) is 11.4 Å². The first-order chi connectivity index (χ1) is 4.74. The van der Waals surface area contributed by atoms with Gasteiger partial charge in [0.25, 0.3) is 0 Å². The first-order valence-electron chi connectivity index (χ1n) is 3.27. The molecular weight excluding hydrogens is 128 g/mol. The molecule has 0 spiro atoms. The summed E-state index contributed by atoms with van der Waals surface area (Å²) >= 11 is 0. The molecule has 54 valence electrons. The standard InChI is InChI=1S/C8H10O2/c1-6-4-7(5-9)2-3-8(6)10/h3-5,7,10H,2H2,1H3. The van der Waals surface area contributed by atoms with Gasteiger partial charge in [-0.15, -0.1) is 0 Å². The zero-order chi connectivity index (χ0) is 7.56. The Morgan fingerprint density at radius 3 is 3.00 bits per heavy atom. The average molecular weight is 138 g/mol. The minimum absolute atomic E-state index is 0.0316. The van der Waals surface area contributed by atoms with Crippen molar-refractivity contribution in [1.82, 2.24) is 0 Å². The Morgan fingerprint density at radius 1 is 1.80 bits per heavy atom. The van der Waals surface area contributed by atoms with Crippen molar-refractivity contribution in [2.75, 3.05) is 0 Å². The molecule has 0 radical (unpaired) electrons. The normalized spacial score (nSPS) is 25.1. The molecule has 2 nitrogen and oxygen atoms in total. The van der Waals surface area contributed by atoms with Crippen LogP contribution in [-0.2, 0) is 4.79 Å². The molecule has 1 aliphatic rings. The number of aliphatic hydroxyl groups is 1. The molecule has 0 amide bonds. The van der Waals surface area contributed by atoms with E-state index in [1.807, 2.05) is 0 Å². The van der Waals surface area contributed by atoms with Crippen LogP contribution < -0.4 is 0 Å². The summed E-state index contributed by atoms with van der Waals surface area (Å²) in [7, 11) is 0. The third-order valence-electron chi connectivity index (χ3n) is 1.63. The van der Waals surface area contributed by atoms with Crippen molar-refractivity contribution in [1.29, 1.82) is 0 Å². The van der Waals surface area contributed by atoms with E-state index in [1.165, 1.54) is 0 Å². The van der Waals surface area contributed by atoms with Crippen molar-refractivity contribution in [2.45, 2.75) is 13.3 Å². The van der Waals surface area contributed by atoms with Crippen LogP contribution in [0, 0.1) is 5.92 Å². The molecule has 0 saturated carbocycles. The molecule has 0 saturated heterocycles. The lowest BCUT2D eigenvalue weighted by Gasteiger charge is -2.10. The van der Waals surface area contributed by atoms with Crippen molar-refractivity contribution in [3.8, 4) is 0 Å². The highest BCUT2D eigenvalue weighted by atomic mass is 16.3. The summed E-state index contributed by atoms with van der Waals surface area (Å²) < 4.78 is 0. The van der Waals surface area contributed by atoms with Crippen LogP contribution in [0.4, 0.5) is 0 Å². The van der Waals surface area contributed by atoms with Crippen molar-refractivity contribution >= 4 is 6.29 Å². The Labute approximate surface area is 59.9 Å². The minimum atomic E-state index is -0.0316. The van der Waals surface area contributed by atoms with E-state index in [1.54, 1.807) is 19.1 Å². The first-order valence-corrected chi connectivity index (χ1v) is 3.27. The highest BCUT2D eigenvalue weighted by Gasteiger charge is 2.09. The second kappa shape index (κ2) is 2.69. The maximum atomic E-state index is 10.3. The van der Waals surface area contributed by atoms with Crippen molar-refractivity contribution in [2.24, 2.45) is 5.92 Å². The summed E-state index contributed by atoms with van der Waals surface area (Å²) in [4.78, 5) is 10.3. The monoisotopic (exact) mass is 138 g/mol. The van der Waals surface area contributed by atoms with E-state index < -0.39 is 0 Å². The average Bonchev–Trinajstić information content (AvgIpc) is 1.95. The summed E-state index contributed by atoms with van der Waals surface area (Å²) in [6, 6.07) is 0. The number of carbonyl (C=O) groups excluding carboxylic acids is 1. The molecular formula is C8H10O2. The van der Waals surface area contributed by atoms with Crippen molar-refractivity contribution in [3.05, 3.63) is 23.5 Å². The fourth-order valence-corrected chi connectivity index (χ4v) is 0.978. The van der Waals surface area contributed by atoms with Gasteiger partial charge in [0.15, 0.2) is 0 Å². The van der Waals surface area contributed by atoms with Gasteiger partial charge in [0.05, 0.1) is 0 Å². The summed E-state index contributed by atoms with van der Waals surface area (Å²) in [6.45, 7) is 1.79. The number of carbonyl (C=O) groups is 1. The number of rotatable bonds is 1. The van der Waals surface area contributed by atoms with Crippen LogP contribution in [0.5, 0.6) is 0 Å². The third-order valence-corrected chi connectivity index (χ3v) is 1.63. The summed E-state index contributed by atoms with van der Waals surface area (Å²) in [5.74, 6) is 0.272. The second-order valence-corrected chi connectivity index (χ2v) is 2.47. The molecule has 2 heteroatoms. The van der Waals surface area contributed by atoms with Crippen molar-refractivity contribution in [3.63, 3.8) is 0 Å². The van der Waals surface area contributed by atoms with Crippen LogP contribution >= 0.6 is 0 Å². The molecule has 1 atom stereocenters. The molecule has 0 fully saturated rings. The number of aldehydes is 1. The topological polar surface area (TPSA) is 37.3 Å². The molecule has 1 unspecified atom stereocenters. The lowest BCUT2D eigenvalue weighted by Crippen LogP contribution is -2.03. The predicted molar refractivity (Wildman–Crippen MR) is 38.6 cm³/mol. The lowest BCUT2D eigenvalue weighted by molar-refractivity contribution is -0.109. The third kappa shape index (κ3) is 1.26. The quantitative estimate of drug-likeness (QED) is 0.559. The van der Waals surface area contributed by atoms with E-state index in [0.29, 0.717) is 12.2 Å². The number of hydrogen-bond acceptors (Lipinski definition) is 2. The predicted octanol–water partition coefficient (Wildman–Crippen LogP) is 1.59. The maximum Gasteiger partial charge on any atom is 0.127 e. The van der Waals surface area contributed by atoms with Crippen LogP contribution in [0.2, 0.25) is 0 Å². The van der Waals surface area contributed by atoms with Gasteiger partial charge in [-0.1, -0.05) is 6.08 Å². The zero-order valence-corrected chi connectivity index (χ0v) is 5.87. The molecule has 0 aliphatic heterocycles. The molecule has 0 aromatic heterocycles. The van der Waals surface area contributed by atoms with Gasteiger partial charge in [-0.25, -0.2) is 0 Å². The Kier molecular flexibility index (Phi) is 1.90. The van der Waals surface area contributed by atoms with Gasteiger partial charge < -0.3 is 9.90 Å². The Bertz CT molecular complexity index is 201. The first kappa shape index (κ1) is 7.06. The van der Waals surface area contributed by atoms with E-state index in [0.717, 1.165) is 11.9 Å². The van der Waals surface area contributed by atoms with E-state index >= 15 is 0 Å². The van der Waals surface area contributed by atoms with E-state index in [4.69, 9.17) is 5.11 Å². The van der Waals surface area contributed by atoms with Crippen LogP contribution in [0.15, 0.2) is 23.5 Å². The molecule has 0 bridgehead atoms. The number of hydrogen-bond donors (Lipinski definition) is 1. The Morgan fingerprint density at radius 2 is 2.50 bits per heavy atom. The maximum absolute atomic E-state index is 10.3. The molecule has 0 aromatic carbocycles. The lowest BCUT2D eigenvalue weighted by atomic mass is 9.97. The van der Waals surface area contributed by atoms with Gasteiger partial charge in [-0.2, -0.15) is 0 Å². The summed E-state index contributed by atoms with van der Waals surface area (Å²) in [5, 5.41) is 9.07. The molecule has 1 aliphatic carbocycles. The van der Waals surface area contributed by atoms with Gasteiger partial charge in [-0.3, -0.25) is 0 Å². The van der Waals surface area contributed by atoms with Crippen LogP contribution in [0.1, 0.15) is 13.3 Å².